The standard InChI is InChI=1S/C10H15N3O/c1-7-2-3-9(14-7)10(11)8-4-12-6-13-5-8/h4-7,9-10H,2-3,11H2,1H3. The first-order chi connectivity index (χ1) is 6.77. The molecular weight excluding hydrogens is 178 g/mol. The molecule has 2 heterocycles. The van der Waals surface area contributed by atoms with Crippen molar-refractivity contribution in [2.75, 3.05) is 0 Å². The minimum Gasteiger partial charge on any atom is -0.373 e. The van der Waals surface area contributed by atoms with Crippen LogP contribution in [0.25, 0.3) is 0 Å². The first kappa shape index (κ1) is 9.55. The molecule has 14 heavy (non-hydrogen) atoms. The molecule has 0 radical (unpaired) electrons. The Hall–Kier alpha value is -1.00. The average Bonchev–Trinajstić information content (AvgIpc) is 2.65. The Bertz CT molecular complexity index is 291. The summed E-state index contributed by atoms with van der Waals surface area (Å²) in [5.74, 6) is 0. The molecule has 2 N–H and O–H groups in total. The van der Waals surface area contributed by atoms with Gasteiger partial charge in [-0.15, -0.1) is 0 Å². The van der Waals surface area contributed by atoms with Crippen LogP contribution in [0.1, 0.15) is 31.4 Å². The average molecular weight is 193 g/mol. The summed E-state index contributed by atoms with van der Waals surface area (Å²) in [6.07, 6.45) is 7.58. The van der Waals surface area contributed by atoms with Gasteiger partial charge in [0.25, 0.3) is 0 Å². The zero-order valence-electron chi connectivity index (χ0n) is 8.26. The lowest BCUT2D eigenvalue weighted by atomic mass is 10.0. The van der Waals surface area contributed by atoms with Crippen LogP contribution in [0.15, 0.2) is 18.7 Å². The molecule has 0 bridgehead atoms. The molecular formula is C10H15N3O. The quantitative estimate of drug-likeness (QED) is 0.762. The first-order valence-electron chi connectivity index (χ1n) is 4.93. The van der Waals surface area contributed by atoms with Crippen molar-refractivity contribution in [2.24, 2.45) is 5.73 Å². The molecule has 4 nitrogen and oxygen atoms in total. The summed E-state index contributed by atoms with van der Waals surface area (Å²) in [5, 5.41) is 0. The predicted octanol–water partition coefficient (Wildman–Crippen LogP) is 1.04. The Kier molecular flexibility index (Phi) is 2.74. The second-order valence-corrected chi connectivity index (χ2v) is 3.76. The van der Waals surface area contributed by atoms with E-state index in [0.717, 1.165) is 18.4 Å². The van der Waals surface area contributed by atoms with Crippen molar-refractivity contribution in [1.29, 1.82) is 0 Å². The number of rotatable bonds is 2. The van der Waals surface area contributed by atoms with Gasteiger partial charge in [0.15, 0.2) is 0 Å². The molecule has 4 heteroatoms. The van der Waals surface area contributed by atoms with E-state index < -0.39 is 0 Å². The van der Waals surface area contributed by atoms with Crippen LogP contribution < -0.4 is 5.73 Å². The highest BCUT2D eigenvalue weighted by Crippen LogP contribution is 2.27. The van der Waals surface area contributed by atoms with Gasteiger partial charge in [0.1, 0.15) is 6.33 Å². The molecule has 1 fully saturated rings. The largest absolute Gasteiger partial charge is 0.373 e. The maximum atomic E-state index is 6.06. The number of ether oxygens (including phenoxy) is 1. The maximum absolute atomic E-state index is 6.06. The smallest absolute Gasteiger partial charge is 0.115 e. The highest BCUT2D eigenvalue weighted by molar-refractivity contribution is 5.11. The molecule has 3 atom stereocenters. The fourth-order valence-electron chi connectivity index (χ4n) is 1.80. The Balaban J connectivity index is 2.05. The summed E-state index contributed by atoms with van der Waals surface area (Å²) < 4.78 is 5.70. The van der Waals surface area contributed by atoms with Crippen molar-refractivity contribution in [1.82, 2.24) is 9.97 Å². The highest BCUT2D eigenvalue weighted by Gasteiger charge is 2.28. The molecule has 0 amide bonds. The van der Waals surface area contributed by atoms with Crippen molar-refractivity contribution >= 4 is 0 Å². The SMILES string of the molecule is CC1CCC(C(N)c2cncnc2)O1. The van der Waals surface area contributed by atoms with Crippen LogP contribution in [-0.2, 0) is 4.74 Å². The van der Waals surface area contributed by atoms with E-state index in [2.05, 4.69) is 16.9 Å². The Morgan fingerprint density at radius 1 is 1.43 bits per heavy atom. The lowest BCUT2D eigenvalue weighted by Crippen LogP contribution is -2.26. The number of nitrogens with zero attached hydrogens (tertiary/aromatic N) is 2. The van der Waals surface area contributed by atoms with Gasteiger partial charge in [-0.1, -0.05) is 0 Å². The zero-order valence-corrected chi connectivity index (χ0v) is 8.26. The lowest BCUT2D eigenvalue weighted by molar-refractivity contribution is 0.0400. The van der Waals surface area contributed by atoms with Crippen LogP contribution in [0.3, 0.4) is 0 Å². The Morgan fingerprint density at radius 2 is 2.14 bits per heavy atom. The van der Waals surface area contributed by atoms with E-state index in [0.29, 0.717) is 6.10 Å². The molecule has 1 aliphatic rings. The van der Waals surface area contributed by atoms with E-state index in [-0.39, 0.29) is 12.1 Å². The first-order valence-corrected chi connectivity index (χ1v) is 4.93. The molecule has 0 saturated carbocycles. The van der Waals surface area contributed by atoms with Gasteiger partial charge in [-0.2, -0.15) is 0 Å². The third-order valence-corrected chi connectivity index (χ3v) is 2.63. The van der Waals surface area contributed by atoms with Crippen LogP contribution in [-0.4, -0.2) is 22.2 Å². The monoisotopic (exact) mass is 193 g/mol. The highest BCUT2D eigenvalue weighted by atomic mass is 16.5. The fourth-order valence-corrected chi connectivity index (χ4v) is 1.80. The minimum atomic E-state index is -0.0962. The second kappa shape index (κ2) is 4.02. The van der Waals surface area contributed by atoms with E-state index in [9.17, 15) is 0 Å². The summed E-state index contributed by atoms with van der Waals surface area (Å²) in [6, 6.07) is -0.0962. The topological polar surface area (TPSA) is 61.0 Å². The van der Waals surface area contributed by atoms with E-state index in [1.165, 1.54) is 6.33 Å². The van der Waals surface area contributed by atoms with Gasteiger partial charge in [0.2, 0.25) is 0 Å². The zero-order chi connectivity index (χ0) is 9.97. The normalized spacial score (nSPS) is 29.0. The van der Waals surface area contributed by atoms with Gasteiger partial charge in [-0.3, -0.25) is 0 Å². The van der Waals surface area contributed by atoms with Gasteiger partial charge < -0.3 is 10.5 Å². The minimum absolute atomic E-state index is 0.0962. The van der Waals surface area contributed by atoms with Crippen molar-refractivity contribution in [3.63, 3.8) is 0 Å². The van der Waals surface area contributed by atoms with Crippen molar-refractivity contribution < 1.29 is 4.74 Å². The molecule has 0 aliphatic carbocycles. The molecule has 2 rings (SSSR count). The lowest BCUT2D eigenvalue weighted by Gasteiger charge is -2.18. The maximum Gasteiger partial charge on any atom is 0.115 e. The Labute approximate surface area is 83.5 Å². The van der Waals surface area contributed by atoms with E-state index in [4.69, 9.17) is 10.5 Å². The van der Waals surface area contributed by atoms with Gasteiger partial charge in [-0.05, 0) is 19.8 Å². The predicted molar refractivity (Wildman–Crippen MR) is 52.5 cm³/mol. The van der Waals surface area contributed by atoms with E-state index in [1.54, 1.807) is 12.4 Å². The Morgan fingerprint density at radius 3 is 2.71 bits per heavy atom. The number of hydrogen-bond acceptors (Lipinski definition) is 4. The molecule has 1 saturated heterocycles. The molecule has 1 aliphatic heterocycles. The summed E-state index contributed by atoms with van der Waals surface area (Å²) in [7, 11) is 0. The number of aromatic nitrogens is 2. The third kappa shape index (κ3) is 1.91. The number of nitrogens with two attached hydrogens (primary N) is 1. The van der Waals surface area contributed by atoms with Crippen LogP contribution in [0.4, 0.5) is 0 Å². The third-order valence-electron chi connectivity index (χ3n) is 2.63. The summed E-state index contributed by atoms with van der Waals surface area (Å²) in [5.41, 5.74) is 7.01. The van der Waals surface area contributed by atoms with Crippen LogP contribution in [0.2, 0.25) is 0 Å². The van der Waals surface area contributed by atoms with E-state index in [1.807, 2.05) is 0 Å². The van der Waals surface area contributed by atoms with Gasteiger partial charge in [0, 0.05) is 18.0 Å². The number of hydrogen-bond donors (Lipinski definition) is 1. The summed E-state index contributed by atoms with van der Waals surface area (Å²) in [6.45, 7) is 2.08. The molecule has 3 unspecified atom stereocenters. The van der Waals surface area contributed by atoms with Gasteiger partial charge >= 0.3 is 0 Å². The van der Waals surface area contributed by atoms with Crippen LogP contribution >= 0.6 is 0 Å². The van der Waals surface area contributed by atoms with Crippen molar-refractivity contribution in [3.8, 4) is 0 Å². The van der Waals surface area contributed by atoms with E-state index >= 15 is 0 Å². The summed E-state index contributed by atoms with van der Waals surface area (Å²) in [4.78, 5) is 7.90. The summed E-state index contributed by atoms with van der Waals surface area (Å²) >= 11 is 0. The molecule has 1 aromatic heterocycles. The molecule has 0 spiro atoms. The van der Waals surface area contributed by atoms with Gasteiger partial charge in [0.05, 0.1) is 18.2 Å². The van der Waals surface area contributed by atoms with Crippen molar-refractivity contribution in [2.45, 2.75) is 38.0 Å². The fraction of sp³-hybridized carbons (Fsp3) is 0.600. The van der Waals surface area contributed by atoms with Crippen LogP contribution in [0, 0.1) is 0 Å². The second-order valence-electron chi connectivity index (χ2n) is 3.76. The van der Waals surface area contributed by atoms with Gasteiger partial charge in [-0.25, -0.2) is 9.97 Å². The molecule has 0 aromatic carbocycles. The van der Waals surface area contributed by atoms with Crippen LogP contribution in [0.5, 0.6) is 0 Å². The molecule has 76 valence electrons. The molecule has 1 aromatic rings. The van der Waals surface area contributed by atoms with Crippen molar-refractivity contribution in [3.05, 3.63) is 24.3 Å².